The van der Waals surface area contributed by atoms with Crippen molar-refractivity contribution in [3.63, 3.8) is 0 Å². The topological polar surface area (TPSA) is 29.4 Å². The summed E-state index contributed by atoms with van der Waals surface area (Å²) in [6.45, 7) is 2.87. The third-order valence-corrected chi connectivity index (χ3v) is 6.38. The van der Waals surface area contributed by atoms with E-state index in [0.29, 0.717) is 12.0 Å². The molecule has 2 atom stereocenters. The number of nitrogens with zero attached hydrogens (tertiary/aromatic N) is 1. The van der Waals surface area contributed by atoms with Crippen LogP contribution in [-0.2, 0) is 0 Å². The lowest BCUT2D eigenvalue weighted by Gasteiger charge is -2.39. The van der Waals surface area contributed by atoms with E-state index in [0.717, 1.165) is 12.3 Å². The van der Waals surface area contributed by atoms with Crippen LogP contribution in [0, 0.1) is 16.2 Å². The average Bonchev–Trinajstić information content (AvgIpc) is 2.50. The molecule has 0 aromatic heterocycles. The Morgan fingerprint density at radius 3 is 2.61 bits per heavy atom. The second-order valence-corrected chi connectivity index (χ2v) is 6.61. The minimum absolute atomic E-state index is 0.511. The van der Waals surface area contributed by atoms with E-state index in [1.165, 1.54) is 62.2 Å². The molecule has 0 amide bonds. The third-order valence-electron chi connectivity index (χ3n) is 4.87. The van der Waals surface area contributed by atoms with Crippen molar-refractivity contribution in [1.29, 1.82) is 0 Å². The van der Waals surface area contributed by atoms with E-state index < -0.39 is 0 Å². The summed E-state index contributed by atoms with van der Waals surface area (Å²) in [5.41, 5.74) is 0.536. The van der Waals surface area contributed by atoms with Crippen molar-refractivity contribution in [1.82, 2.24) is 0 Å². The molecular formula is C15H28INO. The van der Waals surface area contributed by atoms with Gasteiger partial charge in [-0.05, 0) is 43.4 Å². The predicted molar refractivity (Wildman–Crippen MR) is 87.3 cm³/mol. The van der Waals surface area contributed by atoms with Crippen molar-refractivity contribution < 1.29 is 0 Å². The molecule has 106 valence electrons. The molecule has 3 heteroatoms. The summed E-state index contributed by atoms with van der Waals surface area (Å²) < 4.78 is 1.28. The molecule has 1 saturated carbocycles. The molecule has 0 radical (unpaired) electrons. The second-order valence-electron chi connectivity index (χ2n) is 5.85. The van der Waals surface area contributed by atoms with Crippen LogP contribution >= 0.6 is 22.6 Å². The van der Waals surface area contributed by atoms with Gasteiger partial charge >= 0.3 is 0 Å². The number of alkyl halides is 1. The van der Waals surface area contributed by atoms with Crippen molar-refractivity contribution in [3.05, 3.63) is 4.91 Å². The summed E-state index contributed by atoms with van der Waals surface area (Å²) in [6, 6.07) is 0. The van der Waals surface area contributed by atoms with Crippen LogP contribution in [-0.4, -0.2) is 11.0 Å². The highest BCUT2D eigenvalue weighted by Gasteiger charge is 2.35. The minimum Gasteiger partial charge on any atom is -0.151 e. The van der Waals surface area contributed by atoms with Crippen molar-refractivity contribution in [2.75, 3.05) is 11.0 Å². The molecule has 2 nitrogen and oxygen atoms in total. The smallest absolute Gasteiger partial charge is 0.0811 e. The Kier molecular flexibility index (Phi) is 8.44. The lowest BCUT2D eigenvalue weighted by atomic mass is 9.68. The fourth-order valence-corrected chi connectivity index (χ4v) is 5.04. The van der Waals surface area contributed by atoms with Crippen LogP contribution in [0.3, 0.4) is 0 Å². The molecule has 0 aromatic rings. The molecule has 0 aromatic carbocycles. The van der Waals surface area contributed by atoms with Crippen molar-refractivity contribution >= 4 is 22.6 Å². The Balaban J connectivity index is 2.68. The van der Waals surface area contributed by atoms with Crippen LogP contribution in [0.15, 0.2) is 5.18 Å². The summed E-state index contributed by atoms with van der Waals surface area (Å²) >= 11 is 2.59. The van der Waals surface area contributed by atoms with Gasteiger partial charge in [-0.2, -0.15) is 4.91 Å². The van der Waals surface area contributed by atoms with E-state index in [1.807, 2.05) is 0 Å². The first-order valence-corrected chi connectivity index (χ1v) is 9.16. The lowest BCUT2D eigenvalue weighted by molar-refractivity contribution is 0.146. The monoisotopic (exact) mass is 365 g/mol. The SMILES string of the molecule is CC[C@]1(CI)CCCCCCCC1CCCN=O. The molecule has 18 heavy (non-hydrogen) atoms. The van der Waals surface area contributed by atoms with Crippen LogP contribution in [0.4, 0.5) is 0 Å². The highest BCUT2D eigenvalue weighted by molar-refractivity contribution is 14.1. The van der Waals surface area contributed by atoms with Crippen LogP contribution in [0.5, 0.6) is 0 Å². The summed E-state index contributed by atoms with van der Waals surface area (Å²) in [5.74, 6) is 0.819. The van der Waals surface area contributed by atoms with Gasteiger partial charge in [-0.3, -0.25) is 0 Å². The highest BCUT2D eigenvalue weighted by atomic mass is 127. The molecule has 1 rings (SSSR count). The maximum Gasteiger partial charge on any atom is 0.0811 e. The van der Waals surface area contributed by atoms with Crippen LogP contribution in [0.2, 0.25) is 0 Å². The van der Waals surface area contributed by atoms with E-state index >= 15 is 0 Å². The average molecular weight is 365 g/mol. The zero-order valence-electron chi connectivity index (χ0n) is 11.8. The number of nitroso groups, excluding NO2 is 1. The third kappa shape index (κ3) is 4.78. The number of hydrogen-bond acceptors (Lipinski definition) is 2. The molecule has 0 N–H and O–H groups in total. The molecule has 0 saturated heterocycles. The molecule has 0 spiro atoms. The van der Waals surface area contributed by atoms with E-state index in [1.54, 1.807) is 0 Å². The number of halogens is 1. The number of hydrogen-bond donors (Lipinski definition) is 0. The van der Waals surface area contributed by atoms with Crippen LogP contribution in [0.1, 0.15) is 71.1 Å². The molecule has 1 aliphatic carbocycles. The summed E-state index contributed by atoms with van der Waals surface area (Å²) in [5, 5.41) is 3.03. The molecular weight excluding hydrogens is 337 g/mol. The standard InChI is InChI=1S/C15H28INO/c1-2-15(13-16)11-7-5-3-4-6-9-14(15)10-8-12-17-18/h14H,2-13H2,1H3/t14?,15-/m1/s1. The van der Waals surface area contributed by atoms with Gasteiger partial charge in [-0.15, -0.1) is 0 Å². The molecule has 0 aliphatic heterocycles. The normalized spacial score (nSPS) is 30.2. The number of rotatable bonds is 6. The van der Waals surface area contributed by atoms with Gasteiger partial charge in [0.1, 0.15) is 0 Å². The van der Waals surface area contributed by atoms with Gasteiger partial charge in [-0.1, -0.05) is 66.8 Å². The summed E-state index contributed by atoms with van der Waals surface area (Å²) in [4.78, 5) is 10.3. The van der Waals surface area contributed by atoms with Gasteiger partial charge in [0.25, 0.3) is 0 Å². The van der Waals surface area contributed by atoms with Crippen LogP contribution < -0.4 is 0 Å². The largest absolute Gasteiger partial charge is 0.151 e. The fourth-order valence-electron chi connectivity index (χ4n) is 3.50. The van der Waals surface area contributed by atoms with Gasteiger partial charge in [0.2, 0.25) is 0 Å². The Morgan fingerprint density at radius 2 is 1.94 bits per heavy atom. The Labute approximate surface area is 126 Å². The van der Waals surface area contributed by atoms with Crippen LogP contribution in [0.25, 0.3) is 0 Å². The van der Waals surface area contributed by atoms with E-state index in [4.69, 9.17) is 0 Å². The molecule has 1 unspecified atom stereocenters. The van der Waals surface area contributed by atoms with Gasteiger partial charge < -0.3 is 0 Å². The minimum atomic E-state index is 0.511. The quantitative estimate of drug-likeness (QED) is 0.256. The Hall–Kier alpha value is 0.330. The van der Waals surface area contributed by atoms with Crippen molar-refractivity contribution in [2.24, 2.45) is 16.5 Å². The van der Waals surface area contributed by atoms with Crippen molar-refractivity contribution in [3.8, 4) is 0 Å². The Morgan fingerprint density at radius 1 is 1.22 bits per heavy atom. The van der Waals surface area contributed by atoms with Crippen molar-refractivity contribution in [2.45, 2.75) is 71.1 Å². The van der Waals surface area contributed by atoms with E-state index in [9.17, 15) is 4.91 Å². The van der Waals surface area contributed by atoms with E-state index in [-0.39, 0.29) is 0 Å². The molecule has 1 aliphatic rings. The van der Waals surface area contributed by atoms with E-state index in [2.05, 4.69) is 34.7 Å². The second kappa shape index (κ2) is 9.27. The first-order chi connectivity index (χ1) is 8.79. The zero-order chi connectivity index (χ0) is 13.3. The van der Waals surface area contributed by atoms with Gasteiger partial charge in [-0.25, -0.2) is 0 Å². The van der Waals surface area contributed by atoms with Gasteiger partial charge in [0, 0.05) is 4.43 Å². The Bertz CT molecular complexity index is 229. The van der Waals surface area contributed by atoms with Gasteiger partial charge in [0.05, 0.1) is 6.54 Å². The predicted octanol–water partition coefficient (Wildman–Crippen LogP) is 5.72. The van der Waals surface area contributed by atoms with Gasteiger partial charge in [0.15, 0.2) is 0 Å². The molecule has 1 fully saturated rings. The summed E-state index contributed by atoms with van der Waals surface area (Å²) in [7, 11) is 0. The first kappa shape index (κ1) is 16.4. The maximum absolute atomic E-state index is 10.3. The summed E-state index contributed by atoms with van der Waals surface area (Å²) in [6.07, 6.45) is 13.3. The molecule has 0 heterocycles. The lowest BCUT2D eigenvalue weighted by Crippen LogP contribution is -2.32. The first-order valence-electron chi connectivity index (χ1n) is 7.64. The molecule has 0 bridgehead atoms. The highest BCUT2D eigenvalue weighted by Crippen LogP contribution is 2.44. The maximum atomic E-state index is 10.3. The fraction of sp³-hybridized carbons (Fsp3) is 1.00. The zero-order valence-corrected chi connectivity index (χ0v) is 14.0.